The molecule has 0 aliphatic rings. The average molecular weight is 598 g/mol. The van der Waals surface area contributed by atoms with Gasteiger partial charge in [0.05, 0.1) is 33.1 Å². The van der Waals surface area contributed by atoms with E-state index in [9.17, 15) is 0 Å². The zero-order valence-electron chi connectivity index (χ0n) is 25.4. The Morgan fingerprint density at radius 3 is 1.06 bits per heavy atom. The van der Waals surface area contributed by atoms with Crippen molar-refractivity contribution < 1.29 is 0 Å². The molecule has 3 aromatic heterocycles. The molecule has 0 fully saturated rings. The van der Waals surface area contributed by atoms with Crippen molar-refractivity contribution in [1.82, 2.24) is 13.7 Å². The number of nitrogens with zero attached hydrogens (tertiary/aromatic N) is 3. The molecule has 218 valence electrons. The molecule has 0 atom stereocenters. The minimum atomic E-state index is 1.15. The summed E-state index contributed by atoms with van der Waals surface area (Å²) in [7, 11) is 0. The summed E-state index contributed by atoms with van der Waals surface area (Å²) < 4.78 is 7.51. The van der Waals surface area contributed by atoms with Crippen molar-refractivity contribution in [2.24, 2.45) is 0 Å². The lowest BCUT2D eigenvalue weighted by molar-refractivity contribution is 1.14. The molecule has 0 spiro atoms. The van der Waals surface area contributed by atoms with Crippen LogP contribution < -0.4 is 0 Å². The number of fused-ring (bicyclic) bond motifs is 8. The largest absolute Gasteiger partial charge is 0.307 e. The van der Waals surface area contributed by atoms with Crippen molar-refractivity contribution in [2.45, 2.75) is 0 Å². The predicted molar refractivity (Wildman–Crippen MR) is 198 cm³/mol. The highest BCUT2D eigenvalue weighted by Gasteiger charge is 2.27. The summed E-state index contributed by atoms with van der Waals surface area (Å²) >= 11 is 0. The zero-order valence-corrected chi connectivity index (χ0v) is 25.4. The second kappa shape index (κ2) is 9.12. The van der Waals surface area contributed by atoms with Crippen LogP contribution in [-0.4, -0.2) is 13.7 Å². The summed E-state index contributed by atoms with van der Waals surface area (Å²) in [6.07, 6.45) is 0. The van der Waals surface area contributed by atoms with Gasteiger partial charge in [0.15, 0.2) is 0 Å². The van der Waals surface area contributed by atoms with Gasteiger partial charge in [0.2, 0.25) is 0 Å². The summed E-state index contributed by atoms with van der Waals surface area (Å²) in [6, 6.07) is 59.8. The van der Waals surface area contributed by atoms with Crippen molar-refractivity contribution in [2.75, 3.05) is 0 Å². The SMILES string of the molecule is c1ccc(-n2c3ccccc3c3cc4ccc5cc6c7ccccc7n(-c7ccccc7)c6c6c5c4c(c32)n6-c2ccccc2)cc1. The highest BCUT2D eigenvalue weighted by atomic mass is 15.1. The highest BCUT2D eigenvalue weighted by Crippen LogP contribution is 2.49. The molecular weight excluding hydrogens is 571 g/mol. The fourth-order valence-electron chi connectivity index (χ4n) is 8.30. The number of aromatic nitrogens is 3. The molecule has 11 rings (SSSR count). The highest BCUT2D eigenvalue weighted by molar-refractivity contribution is 6.37. The smallest absolute Gasteiger partial charge is 0.0795 e. The van der Waals surface area contributed by atoms with Gasteiger partial charge in [-0.1, -0.05) is 103 Å². The summed E-state index contributed by atoms with van der Waals surface area (Å²) in [4.78, 5) is 0. The maximum Gasteiger partial charge on any atom is 0.0795 e. The lowest BCUT2D eigenvalue weighted by atomic mass is 9.98. The first-order chi connectivity index (χ1) is 23.4. The van der Waals surface area contributed by atoms with Crippen LogP contribution in [0.3, 0.4) is 0 Å². The van der Waals surface area contributed by atoms with Crippen LogP contribution in [0, 0.1) is 0 Å². The van der Waals surface area contributed by atoms with Crippen LogP contribution in [0.1, 0.15) is 0 Å². The molecule has 3 heteroatoms. The fraction of sp³-hybridized carbons (Fsp3) is 0. The van der Waals surface area contributed by atoms with Crippen LogP contribution in [-0.2, 0) is 0 Å². The number of hydrogen-bond acceptors (Lipinski definition) is 0. The number of para-hydroxylation sites is 5. The Morgan fingerprint density at radius 2 is 0.638 bits per heavy atom. The Bertz CT molecular complexity index is 2790. The maximum absolute atomic E-state index is 2.56. The Hall–Kier alpha value is -6.32. The van der Waals surface area contributed by atoms with E-state index in [0.717, 1.165) is 17.1 Å². The lowest BCUT2D eigenvalue weighted by Gasteiger charge is -2.14. The third-order valence-electron chi connectivity index (χ3n) is 10.1. The van der Waals surface area contributed by atoms with Crippen molar-refractivity contribution in [1.29, 1.82) is 0 Å². The van der Waals surface area contributed by atoms with Gasteiger partial charge in [-0.25, -0.2) is 0 Å². The van der Waals surface area contributed by atoms with Crippen molar-refractivity contribution in [3.05, 3.63) is 164 Å². The summed E-state index contributed by atoms with van der Waals surface area (Å²) in [5.74, 6) is 0. The van der Waals surface area contributed by atoms with E-state index in [1.165, 1.54) is 76.2 Å². The number of hydrogen-bond donors (Lipinski definition) is 0. The summed E-state index contributed by atoms with van der Waals surface area (Å²) in [5.41, 5.74) is 10.8. The van der Waals surface area contributed by atoms with Gasteiger partial charge in [-0.2, -0.15) is 0 Å². The Kier molecular flexibility index (Phi) is 4.84. The summed E-state index contributed by atoms with van der Waals surface area (Å²) in [5, 5.41) is 10.2. The minimum Gasteiger partial charge on any atom is -0.307 e. The van der Waals surface area contributed by atoms with E-state index in [4.69, 9.17) is 0 Å². The lowest BCUT2D eigenvalue weighted by Crippen LogP contribution is -2.00. The molecule has 0 unspecified atom stereocenters. The molecule has 3 nitrogen and oxygen atoms in total. The molecule has 47 heavy (non-hydrogen) atoms. The molecule has 3 heterocycles. The molecule has 8 aromatic carbocycles. The standard InChI is InChI=1S/C44H27N3/c1-4-14-30(15-5-1)45-37-22-12-10-20-33(37)35-26-28-24-25-29-27-36-34-21-11-13-23-38(34)46(31-16-6-2-7-17-31)42(36)44-40(29)39(28)43(41(35)45)47(44)32-18-8-3-9-19-32/h1-27H. The van der Waals surface area contributed by atoms with Crippen molar-refractivity contribution in [3.8, 4) is 17.1 Å². The number of rotatable bonds is 3. The van der Waals surface area contributed by atoms with Gasteiger partial charge in [-0.15, -0.1) is 0 Å². The quantitative estimate of drug-likeness (QED) is 0.180. The van der Waals surface area contributed by atoms with E-state index >= 15 is 0 Å². The third kappa shape index (κ3) is 3.20. The van der Waals surface area contributed by atoms with Gasteiger partial charge in [0.25, 0.3) is 0 Å². The molecule has 0 bridgehead atoms. The van der Waals surface area contributed by atoms with Crippen molar-refractivity contribution >= 4 is 76.2 Å². The van der Waals surface area contributed by atoms with Gasteiger partial charge in [-0.3, -0.25) is 0 Å². The first-order valence-electron chi connectivity index (χ1n) is 16.2. The molecule has 11 aromatic rings. The van der Waals surface area contributed by atoms with Gasteiger partial charge in [0.1, 0.15) is 0 Å². The third-order valence-corrected chi connectivity index (χ3v) is 10.1. The fourth-order valence-corrected chi connectivity index (χ4v) is 8.30. The average Bonchev–Trinajstić information content (AvgIpc) is 3.78. The van der Waals surface area contributed by atoms with Crippen LogP contribution in [0.15, 0.2) is 164 Å². The zero-order chi connectivity index (χ0) is 30.6. The molecule has 0 N–H and O–H groups in total. The van der Waals surface area contributed by atoms with E-state index < -0.39 is 0 Å². The molecule has 0 aliphatic carbocycles. The molecule has 0 amide bonds. The Balaban J connectivity index is 1.50. The van der Waals surface area contributed by atoms with E-state index in [2.05, 4.69) is 177 Å². The Morgan fingerprint density at radius 1 is 0.277 bits per heavy atom. The predicted octanol–water partition coefficient (Wildman–Crippen LogP) is 11.6. The molecule has 0 saturated heterocycles. The first-order valence-corrected chi connectivity index (χ1v) is 16.2. The molecular formula is C44H27N3. The normalized spacial score (nSPS) is 12.3. The van der Waals surface area contributed by atoms with E-state index in [1.807, 2.05) is 0 Å². The van der Waals surface area contributed by atoms with Gasteiger partial charge in [-0.05, 0) is 71.4 Å². The second-order valence-corrected chi connectivity index (χ2v) is 12.6. The molecule has 0 aliphatic heterocycles. The topological polar surface area (TPSA) is 14.8 Å². The van der Waals surface area contributed by atoms with Crippen LogP contribution in [0.25, 0.3) is 93.3 Å². The number of benzene rings is 8. The van der Waals surface area contributed by atoms with E-state index in [1.54, 1.807) is 0 Å². The van der Waals surface area contributed by atoms with Crippen LogP contribution >= 0.6 is 0 Å². The molecule has 0 radical (unpaired) electrons. The maximum atomic E-state index is 2.56. The van der Waals surface area contributed by atoms with Gasteiger partial charge in [0, 0.05) is 49.4 Å². The van der Waals surface area contributed by atoms with E-state index in [-0.39, 0.29) is 0 Å². The van der Waals surface area contributed by atoms with Crippen LogP contribution in [0.4, 0.5) is 0 Å². The Labute approximate surface area is 270 Å². The first kappa shape index (κ1) is 24.9. The molecule has 0 saturated carbocycles. The van der Waals surface area contributed by atoms with Crippen LogP contribution in [0.5, 0.6) is 0 Å². The second-order valence-electron chi connectivity index (χ2n) is 12.6. The monoisotopic (exact) mass is 597 g/mol. The van der Waals surface area contributed by atoms with Crippen molar-refractivity contribution in [3.63, 3.8) is 0 Å². The van der Waals surface area contributed by atoms with Crippen LogP contribution in [0.2, 0.25) is 0 Å². The van der Waals surface area contributed by atoms with E-state index in [0.29, 0.717) is 0 Å². The van der Waals surface area contributed by atoms with Gasteiger partial charge < -0.3 is 13.7 Å². The summed E-state index contributed by atoms with van der Waals surface area (Å²) in [6.45, 7) is 0. The minimum absolute atomic E-state index is 1.15. The van der Waals surface area contributed by atoms with Gasteiger partial charge >= 0.3 is 0 Å².